The number of hydrogen-bond acceptors (Lipinski definition) is 3. The van der Waals surface area contributed by atoms with Gasteiger partial charge in [-0.2, -0.15) is 4.31 Å². The van der Waals surface area contributed by atoms with Gasteiger partial charge in [0, 0.05) is 19.7 Å². The lowest BCUT2D eigenvalue weighted by Crippen LogP contribution is -2.44. The van der Waals surface area contributed by atoms with Crippen LogP contribution in [0.1, 0.15) is 33.1 Å². The minimum atomic E-state index is -3.03. The Hall–Kier alpha value is -0.130. The lowest BCUT2D eigenvalue weighted by molar-refractivity contribution is 0.0265. The summed E-state index contributed by atoms with van der Waals surface area (Å²) >= 11 is 0. The Morgan fingerprint density at radius 3 is 2.73 bits per heavy atom. The molecule has 1 aliphatic rings. The smallest absolute Gasteiger partial charge is 0.214 e. The van der Waals surface area contributed by atoms with Crippen molar-refractivity contribution >= 4 is 10.0 Å². The van der Waals surface area contributed by atoms with Crippen LogP contribution < -0.4 is 0 Å². The molecule has 0 N–H and O–H groups in total. The molecular weight excluding hydrogens is 214 g/mol. The van der Waals surface area contributed by atoms with E-state index >= 15 is 0 Å². The highest BCUT2D eigenvalue weighted by Crippen LogP contribution is 2.17. The van der Waals surface area contributed by atoms with Gasteiger partial charge in [0.25, 0.3) is 0 Å². The number of piperidine rings is 1. The van der Waals surface area contributed by atoms with Crippen LogP contribution in [0, 0.1) is 0 Å². The number of rotatable bonds is 5. The zero-order valence-corrected chi connectivity index (χ0v) is 10.4. The molecule has 1 heterocycles. The normalized spacial score (nSPS) is 24.3. The molecule has 1 rings (SSSR count). The number of sulfonamides is 1. The van der Waals surface area contributed by atoms with Crippen LogP contribution in [-0.2, 0) is 14.8 Å². The van der Waals surface area contributed by atoms with E-state index < -0.39 is 10.0 Å². The number of nitrogens with zero attached hydrogens (tertiary/aromatic N) is 1. The third-order valence-electron chi connectivity index (χ3n) is 2.60. The summed E-state index contributed by atoms with van der Waals surface area (Å²) < 4.78 is 30.7. The first-order valence-corrected chi connectivity index (χ1v) is 7.30. The van der Waals surface area contributed by atoms with Crippen molar-refractivity contribution in [1.82, 2.24) is 4.31 Å². The lowest BCUT2D eigenvalue weighted by atomic mass is 10.1. The van der Waals surface area contributed by atoms with Gasteiger partial charge >= 0.3 is 0 Å². The van der Waals surface area contributed by atoms with Crippen LogP contribution in [-0.4, -0.2) is 44.3 Å². The second-order valence-corrected chi connectivity index (χ2v) is 5.98. The third-order valence-corrected chi connectivity index (χ3v) is 4.64. The molecule has 0 amide bonds. The fraction of sp³-hybridized carbons (Fsp3) is 1.00. The molecule has 1 aliphatic heterocycles. The number of hydrogen-bond donors (Lipinski definition) is 0. The summed E-state index contributed by atoms with van der Waals surface area (Å²) in [6.07, 6.45) is 2.66. The highest BCUT2D eigenvalue weighted by atomic mass is 32.2. The topological polar surface area (TPSA) is 46.6 Å². The SMILES string of the molecule is CCCS(=O)(=O)N1CCCC(OCC)C1. The van der Waals surface area contributed by atoms with Gasteiger partial charge in [0.05, 0.1) is 11.9 Å². The molecule has 0 spiro atoms. The number of ether oxygens (including phenoxy) is 1. The van der Waals surface area contributed by atoms with Crippen molar-refractivity contribution in [2.24, 2.45) is 0 Å². The molecule has 5 heteroatoms. The lowest BCUT2D eigenvalue weighted by Gasteiger charge is -2.31. The highest BCUT2D eigenvalue weighted by molar-refractivity contribution is 7.89. The van der Waals surface area contributed by atoms with Crippen LogP contribution in [0.2, 0.25) is 0 Å². The maximum Gasteiger partial charge on any atom is 0.214 e. The molecule has 0 aliphatic carbocycles. The molecule has 90 valence electrons. The van der Waals surface area contributed by atoms with Crippen LogP contribution in [0.25, 0.3) is 0 Å². The van der Waals surface area contributed by atoms with E-state index in [-0.39, 0.29) is 11.9 Å². The Kier molecular flexibility index (Phi) is 5.02. The predicted octanol–water partition coefficient (Wildman–Crippen LogP) is 1.23. The van der Waals surface area contributed by atoms with Gasteiger partial charge in [-0.1, -0.05) is 6.92 Å². The van der Waals surface area contributed by atoms with Gasteiger partial charge in [-0.25, -0.2) is 8.42 Å². The molecule has 0 aromatic heterocycles. The zero-order valence-electron chi connectivity index (χ0n) is 9.61. The van der Waals surface area contributed by atoms with Crippen molar-refractivity contribution in [3.8, 4) is 0 Å². The van der Waals surface area contributed by atoms with E-state index in [0.717, 1.165) is 12.8 Å². The Morgan fingerprint density at radius 2 is 2.13 bits per heavy atom. The molecular formula is C10H21NO3S. The van der Waals surface area contributed by atoms with E-state index in [1.54, 1.807) is 4.31 Å². The largest absolute Gasteiger partial charge is 0.377 e. The molecule has 0 aromatic carbocycles. The minimum absolute atomic E-state index is 0.0929. The van der Waals surface area contributed by atoms with Crippen LogP contribution >= 0.6 is 0 Å². The van der Waals surface area contributed by atoms with E-state index in [1.807, 2.05) is 13.8 Å². The van der Waals surface area contributed by atoms with Gasteiger partial charge in [-0.3, -0.25) is 0 Å². The summed E-state index contributed by atoms with van der Waals surface area (Å²) in [5.41, 5.74) is 0. The molecule has 0 bridgehead atoms. The monoisotopic (exact) mass is 235 g/mol. The first-order valence-electron chi connectivity index (χ1n) is 5.69. The van der Waals surface area contributed by atoms with Gasteiger partial charge in [0.1, 0.15) is 0 Å². The van der Waals surface area contributed by atoms with Crippen LogP contribution in [0.4, 0.5) is 0 Å². The summed E-state index contributed by atoms with van der Waals surface area (Å²) in [6, 6.07) is 0. The summed E-state index contributed by atoms with van der Waals surface area (Å²) in [7, 11) is -3.03. The van der Waals surface area contributed by atoms with Crippen LogP contribution in [0.3, 0.4) is 0 Å². The standard InChI is InChI=1S/C10H21NO3S/c1-3-8-15(12,13)11-7-5-6-10(9-11)14-4-2/h10H,3-9H2,1-2H3. The quantitative estimate of drug-likeness (QED) is 0.720. The molecule has 0 aromatic rings. The molecule has 1 unspecified atom stereocenters. The van der Waals surface area contributed by atoms with Crippen molar-refractivity contribution in [1.29, 1.82) is 0 Å². The first kappa shape index (κ1) is 12.9. The van der Waals surface area contributed by atoms with Crippen LogP contribution in [0.15, 0.2) is 0 Å². The summed E-state index contributed by atoms with van der Waals surface area (Å²) in [6.45, 7) is 5.69. The fourth-order valence-electron chi connectivity index (χ4n) is 1.92. The van der Waals surface area contributed by atoms with Crippen molar-refractivity contribution in [2.45, 2.75) is 39.2 Å². The first-order chi connectivity index (χ1) is 7.10. The third kappa shape index (κ3) is 3.74. The van der Waals surface area contributed by atoms with E-state index in [0.29, 0.717) is 26.1 Å². The van der Waals surface area contributed by atoms with Gasteiger partial charge in [-0.05, 0) is 26.2 Å². The minimum Gasteiger partial charge on any atom is -0.377 e. The Bertz CT molecular complexity index is 274. The van der Waals surface area contributed by atoms with E-state index in [9.17, 15) is 8.42 Å². The van der Waals surface area contributed by atoms with Crippen molar-refractivity contribution in [2.75, 3.05) is 25.4 Å². The van der Waals surface area contributed by atoms with E-state index in [2.05, 4.69) is 0 Å². The molecule has 4 nitrogen and oxygen atoms in total. The fourth-order valence-corrected chi connectivity index (χ4v) is 3.49. The molecule has 0 saturated carbocycles. The molecule has 0 radical (unpaired) electrons. The van der Waals surface area contributed by atoms with E-state index in [1.165, 1.54) is 0 Å². The maximum atomic E-state index is 11.8. The summed E-state index contributed by atoms with van der Waals surface area (Å²) in [5.74, 6) is 0.256. The van der Waals surface area contributed by atoms with Crippen molar-refractivity contribution < 1.29 is 13.2 Å². The average Bonchev–Trinajstić information content (AvgIpc) is 2.19. The van der Waals surface area contributed by atoms with Crippen molar-refractivity contribution in [3.05, 3.63) is 0 Å². The van der Waals surface area contributed by atoms with Crippen molar-refractivity contribution in [3.63, 3.8) is 0 Å². The van der Waals surface area contributed by atoms with Gasteiger partial charge in [0.2, 0.25) is 10.0 Å². The van der Waals surface area contributed by atoms with Gasteiger partial charge < -0.3 is 4.74 Å². The molecule has 15 heavy (non-hydrogen) atoms. The summed E-state index contributed by atoms with van der Waals surface area (Å²) in [4.78, 5) is 0. The molecule has 1 atom stereocenters. The Morgan fingerprint density at radius 1 is 1.40 bits per heavy atom. The van der Waals surface area contributed by atoms with Gasteiger partial charge in [0.15, 0.2) is 0 Å². The zero-order chi connectivity index (χ0) is 11.3. The van der Waals surface area contributed by atoms with Gasteiger partial charge in [-0.15, -0.1) is 0 Å². The Balaban J connectivity index is 2.55. The predicted molar refractivity (Wildman–Crippen MR) is 60.3 cm³/mol. The highest BCUT2D eigenvalue weighted by Gasteiger charge is 2.28. The average molecular weight is 235 g/mol. The van der Waals surface area contributed by atoms with Crippen LogP contribution in [0.5, 0.6) is 0 Å². The summed E-state index contributed by atoms with van der Waals surface area (Å²) in [5, 5.41) is 0. The molecule has 1 saturated heterocycles. The second kappa shape index (κ2) is 5.82. The van der Waals surface area contributed by atoms with E-state index in [4.69, 9.17) is 4.74 Å². The Labute approximate surface area is 92.7 Å². The molecule has 1 fully saturated rings. The maximum absolute atomic E-state index is 11.8. The second-order valence-electron chi connectivity index (χ2n) is 3.89.